The van der Waals surface area contributed by atoms with Crippen molar-refractivity contribution in [1.82, 2.24) is 14.9 Å². The predicted octanol–water partition coefficient (Wildman–Crippen LogP) is 2.53. The number of hydrogen-bond acceptors (Lipinski definition) is 4. The summed E-state index contributed by atoms with van der Waals surface area (Å²) >= 11 is 0. The van der Waals surface area contributed by atoms with E-state index in [2.05, 4.69) is 53.0 Å². The van der Waals surface area contributed by atoms with Gasteiger partial charge in [0.1, 0.15) is 5.82 Å². The Morgan fingerprint density at radius 1 is 0.950 bits per heavy atom. The van der Waals surface area contributed by atoms with Crippen LogP contribution in [0.25, 0.3) is 11.3 Å². The van der Waals surface area contributed by atoms with Crippen LogP contribution in [0.15, 0.2) is 42.7 Å². The van der Waals surface area contributed by atoms with E-state index in [0.29, 0.717) is 0 Å². The van der Waals surface area contributed by atoms with Crippen LogP contribution in [0, 0.1) is 0 Å². The fraction of sp³-hybridized carbons (Fsp3) is 0.375. The summed E-state index contributed by atoms with van der Waals surface area (Å²) in [6.07, 6.45) is 4.82. The Kier molecular flexibility index (Phi) is 5.07. The van der Waals surface area contributed by atoms with Crippen molar-refractivity contribution in [1.29, 1.82) is 0 Å². The highest BCUT2D eigenvalue weighted by molar-refractivity contribution is 5.59. The third kappa shape index (κ3) is 4.03. The van der Waals surface area contributed by atoms with Crippen molar-refractivity contribution in [2.45, 2.75) is 6.42 Å². The van der Waals surface area contributed by atoms with Crippen LogP contribution in [0.2, 0.25) is 0 Å². The van der Waals surface area contributed by atoms with E-state index >= 15 is 0 Å². The second-order valence-corrected chi connectivity index (χ2v) is 5.20. The third-order valence-corrected chi connectivity index (χ3v) is 3.20. The van der Waals surface area contributed by atoms with Gasteiger partial charge < -0.3 is 9.80 Å². The lowest BCUT2D eigenvalue weighted by Crippen LogP contribution is -2.23. The monoisotopic (exact) mass is 270 g/mol. The van der Waals surface area contributed by atoms with E-state index in [-0.39, 0.29) is 0 Å². The average molecular weight is 270 g/mol. The van der Waals surface area contributed by atoms with Crippen LogP contribution < -0.4 is 4.90 Å². The van der Waals surface area contributed by atoms with E-state index in [1.54, 1.807) is 6.20 Å². The molecule has 0 aliphatic heterocycles. The number of nitrogens with zero attached hydrogens (tertiary/aromatic N) is 4. The fourth-order valence-corrected chi connectivity index (χ4v) is 2.04. The molecule has 20 heavy (non-hydrogen) atoms. The Labute approximate surface area is 121 Å². The quantitative estimate of drug-likeness (QED) is 0.807. The molecule has 0 aromatic carbocycles. The first kappa shape index (κ1) is 14.5. The molecule has 0 radical (unpaired) electrons. The van der Waals surface area contributed by atoms with Crippen molar-refractivity contribution < 1.29 is 0 Å². The van der Waals surface area contributed by atoms with Gasteiger partial charge in [-0.2, -0.15) is 0 Å². The zero-order valence-electron chi connectivity index (χ0n) is 12.5. The van der Waals surface area contributed by atoms with Gasteiger partial charge in [-0.15, -0.1) is 0 Å². The normalized spacial score (nSPS) is 10.8. The Morgan fingerprint density at radius 3 is 2.40 bits per heavy atom. The van der Waals surface area contributed by atoms with Crippen molar-refractivity contribution >= 4 is 5.82 Å². The molecule has 0 fully saturated rings. The Balaban J connectivity index is 1.97. The second-order valence-electron chi connectivity index (χ2n) is 5.20. The molecule has 106 valence electrons. The van der Waals surface area contributed by atoms with E-state index in [4.69, 9.17) is 0 Å². The molecular weight excluding hydrogens is 248 g/mol. The van der Waals surface area contributed by atoms with E-state index < -0.39 is 0 Å². The highest BCUT2D eigenvalue weighted by atomic mass is 15.2. The largest absolute Gasteiger partial charge is 0.360 e. The van der Waals surface area contributed by atoms with E-state index in [0.717, 1.165) is 36.6 Å². The zero-order valence-corrected chi connectivity index (χ0v) is 12.5. The molecule has 0 aliphatic carbocycles. The maximum atomic E-state index is 4.53. The molecule has 2 aromatic heterocycles. The molecule has 2 heterocycles. The van der Waals surface area contributed by atoms with E-state index in [1.165, 1.54) is 0 Å². The SMILES string of the molecule is CN(C)CCCN(C)c1ccc(-c2ccccn2)cn1. The van der Waals surface area contributed by atoms with Gasteiger partial charge in [0.05, 0.1) is 5.69 Å². The fourth-order valence-electron chi connectivity index (χ4n) is 2.04. The van der Waals surface area contributed by atoms with Gasteiger partial charge in [-0.05, 0) is 51.3 Å². The average Bonchev–Trinajstić information content (AvgIpc) is 2.48. The first-order valence-corrected chi connectivity index (χ1v) is 6.90. The first-order chi connectivity index (χ1) is 9.66. The van der Waals surface area contributed by atoms with E-state index in [1.807, 2.05) is 24.4 Å². The van der Waals surface area contributed by atoms with Crippen LogP contribution in [-0.4, -0.2) is 49.1 Å². The molecule has 4 nitrogen and oxygen atoms in total. The summed E-state index contributed by atoms with van der Waals surface area (Å²) in [4.78, 5) is 13.2. The number of rotatable bonds is 6. The number of anilines is 1. The molecule has 0 saturated carbocycles. The first-order valence-electron chi connectivity index (χ1n) is 6.90. The zero-order chi connectivity index (χ0) is 14.4. The molecule has 0 amide bonds. The van der Waals surface area contributed by atoms with Crippen LogP contribution in [-0.2, 0) is 0 Å². The van der Waals surface area contributed by atoms with Crippen LogP contribution in [0.3, 0.4) is 0 Å². The number of pyridine rings is 2. The van der Waals surface area contributed by atoms with Gasteiger partial charge in [0.25, 0.3) is 0 Å². The van der Waals surface area contributed by atoms with Crippen LogP contribution in [0.1, 0.15) is 6.42 Å². The van der Waals surface area contributed by atoms with Crippen molar-refractivity contribution in [3.05, 3.63) is 42.7 Å². The van der Waals surface area contributed by atoms with Crippen LogP contribution in [0.5, 0.6) is 0 Å². The summed E-state index contributed by atoms with van der Waals surface area (Å²) in [6.45, 7) is 2.10. The van der Waals surface area contributed by atoms with Gasteiger partial charge in [0.2, 0.25) is 0 Å². The van der Waals surface area contributed by atoms with E-state index in [9.17, 15) is 0 Å². The molecule has 2 rings (SSSR count). The molecular formula is C16H22N4. The Hall–Kier alpha value is -1.94. The molecule has 4 heteroatoms. The highest BCUT2D eigenvalue weighted by Gasteiger charge is 2.04. The second kappa shape index (κ2) is 7.01. The standard InChI is InChI=1S/C16H22N4/c1-19(2)11-6-12-20(3)16-9-8-14(13-18-16)15-7-4-5-10-17-15/h4-5,7-10,13H,6,11-12H2,1-3H3. The maximum absolute atomic E-state index is 4.53. The summed E-state index contributed by atoms with van der Waals surface area (Å²) in [7, 11) is 6.28. The number of hydrogen-bond donors (Lipinski definition) is 0. The molecule has 0 bridgehead atoms. The maximum Gasteiger partial charge on any atom is 0.128 e. The lowest BCUT2D eigenvalue weighted by molar-refractivity contribution is 0.401. The Morgan fingerprint density at radius 2 is 1.80 bits per heavy atom. The molecule has 0 N–H and O–H groups in total. The minimum absolute atomic E-state index is 0.960. The lowest BCUT2D eigenvalue weighted by atomic mass is 10.2. The smallest absolute Gasteiger partial charge is 0.128 e. The summed E-state index contributed by atoms with van der Waals surface area (Å²) in [5, 5.41) is 0. The Bertz CT molecular complexity index is 508. The summed E-state index contributed by atoms with van der Waals surface area (Å²) in [6, 6.07) is 10.0. The summed E-state index contributed by atoms with van der Waals surface area (Å²) in [5.74, 6) is 1.00. The molecule has 0 atom stereocenters. The lowest BCUT2D eigenvalue weighted by Gasteiger charge is -2.19. The molecule has 0 aliphatic rings. The van der Waals surface area contributed by atoms with Crippen molar-refractivity contribution in [2.75, 3.05) is 39.1 Å². The molecule has 2 aromatic rings. The topological polar surface area (TPSA) is 32.3 Å². The van der Waals surface area contributed by atoms with Gasteiger partial charge in [-0.3, -0.25) is 4.98 Å². The van der Waals surface area contributed by atoms with Crippen molar-refractivity contribution in [3.63, 3.8) is 0 Å². The minimum Gasteiger partial charge on any atom is -0.360 e. The number of aromatic nitrogens is 2. The summed E-state index contributed by atoms with van der Waals surface area (Å²) < 4.78 is 0. The van der Waals surface area contributed by atoms with Gasteiger partial charge >= 0.3 is 0 Å². The molecule has 0 unspecified atom stereocenters. The van der Waals surface area contributed by atoms with Crippen molar-refractivity contribution in [3.8, 4) is 11.3 Å². The summed E-state index contributed by atoms with van der Waals surface area (Å²) in [5.41, 5.74) is 2.01. The molecule has 0 spiro atoms. The van der Waals surface area contributed by atoms with Gasteiger partial charge in [0.15, 0.2) is 0 Å². The van der Waals surface area contributed by atoms with Crippen LogP contribution >= 0.6 is 0 Å². The van der Waals surface area contributed by atoms with Gasteiger partial charge in [-0.25, -0.2) is 4.98 Å². The predicted molar refractivity (Wildman–Crippen MR) is 83.9 cm³/mol. The third-order valence-electron chi connectivity index (χ3n) is 3.20. The van der Waals surface area contributed by atoms with Gasteiger partial charge in [-0.1, -0.05) is 6.07 Å². The van der Waals surface area contributed by atoms with Gasteiger partial charge in [0, 0.05) is 31.5 Å². The molecule has 0 saturated heterocycles. The highest BCUT2D eigenvalue weighted by Crippen LogP contribution is 2.18. The minimum atomic E-state index is 0.960. The van der Waals surface area contributed by atoms with Crippen LogP contribution in [0.4, 0.5) is 5.82 Å². The van der Waals surface area contributed by atoms with Crippen molar-refractivity contribution in [2.24, 2.45) is 0 Å².